The standard InChI is InChI=1S/C3H8N2O4S/c4-1-3(6)5-2-10(7,8)9/h1-2,4H2,(H,5,6)(H,7,8,9). The molecule has 0 unspecified atom stereocenters. The first-order chi connectivity index (χ1) is 4.45. The Bertz CT molecular complexity index is 209. The van der Waals surface area contributed by atoms with Gasteiger partial charge in [0.25, 0.3) is 10.1 Å². The predicted octanol–water partition coefficient (Wildman–Crippen LogP) is -2.09. The number of hydrogen-bond donors (Lipinski definition) is 3. The molecule has 0 heterocycles. The maximum absolute atomic E-state index is 10.2. The molecular weight excluding hydrogens is 160 g/mol. The van der Waals surface area contributed by atoms with E-state index in [2.05, 4.69) is 0 Å². The SMILES string of the molecule is NCC(=O)NCS(=O)(=O)O. The summed E-state index contributed by atoms with van der Waals surface area (Å²) < 4.78 is 28.0. The molecule has 4 N–H and O–H groups in total. The quantitative estimate of drug-likeness (QED) is 0.418. The van der Waals surface area contributed by atoms with Gasteiger partial charge < -0.3 is 11.1 Å². The van der Waals surface area contributed by atoms with Gasteiger partial charge in [0.2, 0.25) is 5.91 Å². The normalized spacial score (nSPS) is 11.0. The van der Waals surface area contributed by atoms with Gasteiger partial charge in [0, 0.05) is 0 Å². The van der Waals surface area contributed by atoms with Gasteiger partial charge in [-0.2, -0.15) is 8.42 Å². The lowest BCUT2D eigenvalue weighted by atomic mass is 10.6. The molecule has 6 nitrogen and oxygen atoms in total. The molecule has 0 saturated heterocycles. The third kappa shape index (κ3) is 5.48. The van der Waals surface area contributed by atoms with Crippen LogP contribution in [0.3, 0.4) is 0 Å². The number of rotatable bonds is 3. The van der Waals surface area contributed by atoms with E-state index in [1.807, 2.05) is 5.32 Å². The summed E-state index contributed by atoms with van der Waals surface area (Å²) >= 11 is 0. The van der Waals surface area contributed by atoms with E-state index in [0.717, 1.165) is 0 Å². The van der Waals surface area contributed by atoms with Crippen molar-refractivity contribution in [1.29, 1.82) is 0 Å². The minimum absolute atomic E-state index is 0.296. The molecule has 1 amide bonds. The summed E-state index contributed by atoms with van der Waals surface area (Å²) in [5.74, 6) is -1.42. The van der Waals surface area contributed by atoms with E-state index in [9.17, 15) is 13.2 Å². The number of carbonyl (C=O) groups is 1. The Kier molecular flexibility index (Phi) is 3.26. The average Bonchev–Trinajstić information content (AvgIpc) is 1.81. The van der Waals surface area contributed by atoms with Crippen LogP contribution in [0.15, 0.2) is 0 Å². The van der Waals surface area contributed by atoms with Crippen LogP contribution in [0.5, 0.6) is 0 Å². The fourth-order valence-corrected chi connectivity index (χ4v) is 0.587. The zero-order valence-electron chi connectivity index (χ0n) is 5.07. The molecular formula is C3H8N2O4S. The fraction of sp³-hybridized carbons (Fsp3) is 0.667. The van der Waals surface area contributed by atoms with E-state index in [1.165, 1.54) is 0 Å². The molecule has 0 aliphatic carbocycles. The molecule has 0 bridgehead atoms. The minimum Gasteiger partial charge on any atom is -0.339 e. The first-order valence-electron chi connectivity index (χ1n) is 2.37. The first kappa shape index (κ1) is 9.34. The van der Waals surface area contributed by atoms with Crippen molar-refractivity contribution < 1.29 is 17.8 Å². The number of hydrogen-bond acceptors (Lipinski definition) is 4. The zero-order valence-corrected chi connectivity index (χ0v) is 5.89. The van der Waals surface area contributed by atoms with Gasteiger partial charge in [0.05, 0.1) is 6.54 Å². The van der Waals surface area contributed by atoms with Crippen molar-refractivity contribution in [1.82, 2.24) is 5.32 Å². The molecule has 0 saturated carbocycles. The van der Waals surface area contributed by atoms with Crippen molar-refractivity contribution in [2.45, 2.75) is 0 Å². The molecule has 0 aromatic carbocycles. The average molecular weight is 168 g/mol. The summed E-state index contributed by atoms with van der Waals surface area (Å²) in [5.41, 5.74) is 4.81. The number of carbonyl (C=O) groups excluding carboxylic acids is 1. The molecule has 10 heavy (non-hydrogen) atoms. The van der Waals surface area contributed by atoms with Gasteiger partial charge in [0.15, 0.2) is 0 Å². The highest BCUT2D eigenvalue weighted by Crippen LogP contribution is 1.74. The Morgan fingerprint density at radius 3 is 2.40 bits per heavy atom. The molecule has 0 fully saturated rings. The summed E-state index contributed by atoms with van der Waals surface area (Å²) in [6.07, 6.45) is 0. The minimum atomic E-state index is -4.12. The van der Waals surface area contributed by atoms with Crippen molar-refractivity contribution in [3.63, 3.8) is 0 Å². The lowest BCUT2D eigenvalue weighted by molar-refractivity contribution is -0.119. The monoisotopic (exact) mass is 168 g/mol. The second-order valence-corrected chi connectivity index (χ2v) is 2.98. The van der Waals surface area contributed by atoms with Gasteiger partial charge in [-0.05, 0) is 0 Å². The molecule has 60 valence electrons. The fourth-order valence-electron chi connectivity index (χ4n) is 0.244. The molecule has 0 rings (SSSR count). The van der Waals surface area contributed by atoms with Gasteiger partial charge in [-0.1, -0.05) is 0 Å². The van der Waals surface area contributed by atoms with Gasteiger partial charge in [-0.25, -0.2) is 0 Å². The van der Waals surface area contributed by atoms with Crippen LogP contribution in [0.4, 0.5) is 0 Å². The molecule has 0 aliphatic heterocycles. The van der Waals surface area contributed by atoms with Crippen LogP contribution in [0.1, 0.15) is 0 Å². The van der Waals surface area contributed by atoms with E-state index in [4.69, 9.17) is 10.3 Å². The molecule has 7 heteroatoms. The maximum atomic E-state index is 10.2. The molecule has 0 radical (unpaired) electrons. The van der Waals surface area contributed by atoms with Crippen LogP contribution in [0.2, 0.25) is 0 Å². The number of nitrogens with two attached hydrogens (primary N) is 1. The maximum Gasteiger partial charge on any atom is 0.283 e. The third-order valence-corrected chi connectivity index (χ3v) is 1.15. The Balaban J connectivity index is 3.67. The summed E-state index contributed by atoms with van der Waals surface area (Å²) in [7, 11) is -4.12. The number of amides is 1. The van der Waals surface area contributed by atoms with E-state index in [1.54, 1.807) is 0 Å². The Labute approximate surface area is 58.1 Å². The summed E-state index contributed by atoms with van der Waals surface area (Å²) in [6, 6.07) is 0. The van der Waals surface area contributed by atoms with Crippen LogP contribution in [0, 0.1) is 0 Å². The second kappa shape index (κ2) is 3.49. The van der Waals surface area contributed by atoms with Gasteiger partial charge in [-0.15, -0.1) is 0 Å². The molecule has 0 aromatic heterocycles. The first-order valence-corrected chi connectivity index (χ1v) is 3.98. The summed E-state index contributed by atoms with van der Waals surface area (Å²) in [5, 5.41) is 1.87. The summed E-state index contributed by atoms with van der Waals surface area (Å²) in [6.45, 7) is -0.296. The second-order valence-electron chi connectivity index (χ2n) is 1.53. The van der Waals surface area contributed by atoms with Crippen molar-refractivity contribution in [3.8, 4) is 0 Å². The molecule has 0 spiro atoms. The van der Waals surface area contributed by atoms with Crippen molar-refractivity contribution in [3.05, 3.63) is 0 Å². The topological polar surface area (TPSA) is 109 Å². The van der Waals surface area contributed by atoms with Gasteiger partial charge in [-0.3, -0.25) is 9.35 Å². The third-order valence-electron chi connectivity index (χ3n) is 0.637. The van der Waals surface area contributed by atoms with Crippen LogP contribution >= 0.6 is 0 Å². The smallest absolute Gasteiger partial charge is 0.283 e. The lowest BCUT2D eigenvalue weighted by Crippen LogP contribution is -2.34. The van der Waals surface area contributed by atoms with Crippen LogP contribution < -0.4 is 11.1 Å². The van der Waals surface area contributed by atoms with E-state index < -0.39 is 21.9 Å². The molecule has 0 atom stereocenters. The van der Waals surface area contributed by atoms with Gasteiger partial charge >= 0.3 is 0 Å². The highest BCUT2D eigenvalue weighted by atomic mass is 32.2. The zero-order chi connectivity index (χ0) is 8.20. The van der Waals surface area contributed by atoms with Crippen LogP contribution in [-0.2, 0) is 14.9 Å². The Hall–Kier alpha value is -0.660. The van der Waals surface area contributed by atoms with Crippen molar-refractivity contribution in [2.24, 2.45) is 5.73 Å². The van der Waals surface area contributed by atoms with Crippen molar-refractivity contribution in [2.75, 3.05) is 12.4 Å². The largest absolute Gasteiger partial charge is 0.339 e. The van der Waals surface area contributed by atoms with Gasteiger partial charge in [0.1, 0.15) is 5.88 Å². The Morgan fingerprint density at radius 1 is 1.60 bits per heavy atom. The van der Waals surface area contributed by atoms with E-state index in [0.29, 0.717) is 0 Å². The van der Waals surface area contributed by atoms with Crippen molar-refractivity contribution >= 4 is 16.0 Å². The van der Waals surface area contributed by atoms with Crippen LogP contribution in [-0.4, -0.2) is 31.3 Å². The summed E-state index contributed by atoms with van der Waals surface area (Å²) in [4.78, 5) is 10.2. The lowest BCUT2D eigenvalue weighted by Gasteiger charge is -1.98. The molecule has 0 aliphatic rings. The predicted molar refractivity (Wildman–Crippen MR) is 33.6 cm³/mol. The molecule has 0 aromatic rings. The highest BCUT2D eigenvalue weighted by Gasteiger charge is 2.05. The Morgan fingerprint density at radius 2 is 2.10 bits per heavy atom. The highest BCUT2D eigenvalue weighted by molar-refractivity contribution is 7.85. The van der Waals surface area contributed by atoms with E-state index in [-0.39, 0.29) is 6.54 Å². The number of nitrogens with one attached hydrogen (secondary N) is 1. The van der Waals surface area contributed by atoms with Crippen LogP contribution in [0.25, 0.3) is 0 Å². The van der Waals surface area contributed by atoms with E-state index >= 15 is 0 Å².